The van der Waals surface area contributed by atoms with E-state index >= 15 is 0 Å². The highest BCUT2D eigenvalue weighted by Gasteiger charge is 2.18. The molecule has 29 heavy (non-hydrogen) atoms. The van der Waals surface area contributed by atoms with Crippen LogP contribution < -0.4 is 4.90 Å². The quantitative estimate of drug-likeness (QED) is 0.438. The molecule has 144 valence electrons. The van der Waals surface area contributed by atoms with Gasteiger partial charge < -0.3 is 4.90 Å². The molecule has 0 saturated heterocycles. The Morgan fingerprint density at radius 2 is 1.28 bits per heavy atom. The lowest BCUT2D eigenvalue weighted by molar-refractivity contribution is 0.795. The summed E-state index contributed by atoms with van der Waals surface area (Å²) in [7, 11) is 4.19. The van der Waals surface area contributed by atoms with Gasteiger partial charge in [0.2, 0.25) is 0 Å². The molecule has 0 N–H and O–H groups in total. The molecule has 0 atom stereocenters. The van der Waals surface area contributed by atoms with Gasteiger partial charge in [-0.1, -0.05) is 54.6 Å². The van der Waals surface area contributed by atoms with Crippen LogP contribution in [0.5, 0.6) is 0 Å². The van der Waals surface area contributed by atoms with Gasteiger partial charge in [0.05, 0.1) is 0 Å². The molecule has 0 saturated carbocycles. The van der Waals surface area contributed by atoms with Crippen molar-refractivity contribution in [3.63, 3.8) is 0 Å². The predicted octanol–water partition coefficient (Wildman–Crippen LogP) is 5.58. The summed E-state index contributed by atoms with van der Waals surface area (Å²) in [5.41, 5.74) is 7.48. The summed E-state index contributed by atoms with van der Waals surface area (Å²) in [6.07, 6.45) is 8.47. The number of para-hydroxylation sites is 1. The van der Waals surface area contributed by atoms with Gasteiger partial charge in [-0.2, -0.15) is 0 Å². The summed E-state index contributed by atoms with van der Waals surface area (Å²) in [5, 5.41) is 0. The zero-order chi connectivity index (χ0) is 20.1. The molecule has 4 rings (SSSR count). The first-order valence-corrected chi connectivity index (χ1v) is 9.88. The van der Waals surface area contributed by atoms with Crippen molar-refractivity contribution in [2.24, 2.45) is 0 Å². The van der Waals surface area contributed by atoms with Gasteiger partial charge >= 0.3 is 0 Å². The first kappa shape index (κ1) is 18.9. The van der Waals surface area contributed by atoms with E-state index in [1.54, 1.807) is 0 Å². The predicted molar refractivity (Wildman–Crippen MR) is 120 cm³/mol. The molecule has 0 radical (unpaired) electrons. The minimum Gasteiger partial charge on any atom is -0.377 e. The van der Waals surface area contributed by atoms with Crippen LogP contribution in [0.2, 0.25) is 0 Å². The van der Waals surface area contributed by atoms with E-state index in [0.29, 0.717) is 0 Å². The number of hydrogen-bond acceptors (Lipinski definition) is 3. The average molecular weight is 380 g/mol. The van der Waals surface area contributed by atoms with Crippen LogP contribution in [0.3, 0.4) is 0 Å². The number of anilines is 1. The third kappa shape index (κ3) is 4.19. The highest BCUT2D eigenvalue weighted by atomic mass is 15.1. The van der Waals surface area contributed by atoms with Gasteiger partial charge in [-0.3, -0.25) is 9.97 Å². The molecular weight excluding hydrogens is 354 g/mol. The maximum absolute atomic E-state index is 4.36. The van der Waals surface area contributed by atoms with E-state index < -0.39 is 0 Å². The van der Waals surface area contributed by atoms with Crippen LogP contribution in [0, 0.1) is 0 Å². The van der Waals surface area contributed by atoms with E-state index in [9.17, 15) is 0 Å². The summed E-state index contributed by atoms with van der Waals surface area (Å²) in [4.78, 5) is 10.9. The van der Waals surface area contributed by atoms with Crippen molar-refractivity contribution in [1.29, 1.82) is 0 Å². The maximum Gasteiger partial charge on any atom is 0.0440 e. The third-order valence-corrected chi connectivity index (χ3v) is 5.29. The molecular formula is C26H25N3. The highest BCUT2D eigenvalue weighted by Crippen LogP contribution is 2.36. The smallest absolute Gasteiger partial charge is 0.0440 e. The molecule has 0 fully saturated rings. The van der Waals surface area contributed by atoms with Gasteiger partial charge in [0.15, 0.2) is 0 Å². The Kier molecular flexibility index (Phi) is 5.66. The molecule has 0 aliphatic carbocycles. The summed E-state index contributed by atoms with van der Waals surface area (Å²) in [5.74, 6) is 0.199. The molecule has 0 bridgehead atoms. The van der Waals surface area contributed by atoms with Gasteiger partial charge in [0.1, 0.15) is 0 Å². The van der Waals surface area contributed by atoms with Gasteiger partial charge in [-0.15, -0.1) is 0 Å². The molecule has 4 aromatic rings. The standard InChI is InChI=1S/C26H25N3/c1-29(2)26-14-6-5-13-24(26)23-12-4-3-9-20(23)17-25(21-10-7-15-27-18-21)22-11-8-16-28-19-22/h3-16,18-19,25H,17H2,1-2H3. The summed E-state index contributed by atoms with van der Waals surface area (Å²) in [6, 6.07) is 25.6. The van der Waals surface area contributed by atoms with E-state index in [1.165, 1.54) is 33.5 Å². The van der Waals surface area contributed by atoms with Gasteiger partial charge in [0.25, 0.3) is 0 Å². The Labute approximate surface area is 172 Å². The Morgan fingerprint density at radius 3 is 1.86 bits per heavy atom. The van der Waals surface area contributed by atoms with E-state index in [-0.39, 0.29) is 5.92 Å². The largest absolute Gasteiger partial charge is 0.377 e. The van der Waals surface area contributed by atoms with E-state index in [4.69, 9.17) is 0 Å². The molecule has 3 heteroatoms. The highest BCUT2D eigenvalue weighted by molar-refractivity contribution is 5.80. The Hall–Kier alpha value is -3.46. The van der Waals surface area contributed by atoms with Crippen molar-refractivity contribution in [3.05, 3.63) is 114 Å². The monoisotopic (exact) mass is 379 g/mol. The molecule has 2 heterocycles. The lowest BCUT2D eigenvalue weighted by atomic mass is 9.85. The van der Waals surface area contributed by atoms with Crippen molar-refractivity contribution < 1.29 is 0 Å². The first-order chi connectivity index (χ1) is 14.2. The molecule has 0 spiro atoms. The fourth-order valence-corrected chi connectivity index (χ4v) is 3.86. The second-order valence-electron chi connectivity index (χ2n) is 7.40. The SMILES string of the molecule is CN(C)c1ccccc1-c1ccccc1CC(c1cccnc1)c1cccnc1. The lowest BCUT2D eigenvalue weighted by Gasteiger charge is -2.22. The summed E-state index contributed by atoms with van der Waals surface area (Å²) < 4.78 is 0. The number of benzene rings is 2. The summed E-state index contributed by atoms with van der Waals surface area (Å²) in [6.45, 7) is 0. The number of hydrogen-bond donors (Lipinski definition) is 0. The van der Waals surface area contributed by atoms with Crippen molar-refractivity contribution in [2.45, 2.75) is 12.3 Å². The van der Waals surface area contributed by atoms with Gasteiger partial charge in [0, 0.05) is 56.1 Å². The summed E-state index contributed by atoms with van der Waals surface area (Å²) >= 11 is 0. The fourth-order valence-electron chi connectivity index (χ4n) is 3.86. The van der Waals surface area contributed by atoms with E-state index in [1.807, 2.05) is 36.9 Å². The van der Waals surface area contributed by atoms with Gasteiger partial charge in [-0.25, -0.2) is 0 Å². The Morgan fingerprint density at radius 1 is 0.690 bits per heavy atom. The minimum absolute atomic E-state index is 0.199. The maximum atomic E-state index is 4.36. The zero-order valence-electron chi connectivity index (χ0n) is 16.9. The molecule has 0 aliphatic heterocycles. The second-order valence-corrected chi connectivity index (χ2v) is 7.40. The van der Waals surface area contributed by atoms with E-state index in [0.717, 1.165) is 6.42 Å². The van der Waals surface area contributed by atoms with Crippen LogP contribution in [-0.4, -0.2) is 24.1 Å². The fraction of sp³-hybridized carbons (Fsp3) is 0.154. The number of pyridine rings is 2. The lowest BCUT2D eigenvalue weighted by Crippen LogP contribution is -2.11. The van der Waals surface area contributed by atoms with Crippen LogP contribution >= 0.6 is 0 Å². The van der Waals surface area contributed by atoms with Crippen molar-refractivity contribution in [2.75, 3.05) is 19.0 Å². The van der Waals surface area contributed by atoms with Crippen LogP contribution in [0.4, 0.5) is 5.69 Å². The van der Waals surface area contributed by atoms with Crippen LogP contribution in [0.15, 0.2) is 97.6 Å². The van der Waals surface area contributed by atoms with Gasteiger partial charge in [-0.05, 0) is 46.9 Å². The Balaban J connectivity index is 1.79. The normalized spacial score (nSPS) is 10.9. The molecule has 0 amide bonds. The molecule has 0 unspecified atom stereocenters. The minimum atomic E-state index is 0.199. The van der Waals surface area contributed by atoms with Crippen LogP contribution in [-0.2, 0) is 6.42 Å². The van der Waals surface area contributed by atoms with Crippen molar-refractivity contribution >= 4 is 5.69 Å². The molecule has 0 aliphatic rings. The average Bonchev–Trinajstić information content (AvgIpc) is 2.79. The van der Waals surface area contributed by atoms with E-state index in [2.05, 4.69) is 89.6 Å². The Bertz CT molecular complexity index is 1020. The number of aromatic nitrogens is 2. The zero-order valence-corrected chi connectivity index (χ0v) is 16.9. The first-order valence-electron chi connectivity index (χ1n) is 9.88. The van der Waals surface area contributed by atoms with Crippen LogP contribution in [0.1, 0.15) is 22.6 Å². The number of rotatable bonds is 6. The van der Waals surface area contributed by atoms with Crippen molar-refractivity contribution in [1.82, 2.24) is 9.97 Å². The van der Waals surface area contributed by atoms with Crippen molar-refractivity contribution in [3.8, 4) is 11.1 Å². The molecule has 3 nitrogen and oxygen atoms in total. The molecule has 2 aromatic heterocycles. The second kappa shape index (κ2) is 8.70. The van der Waals surface area contributed by atoms with Crippen LogP contribution in [0.25, 0.3) is 11.1 Å². The third-order valence-electron chi connectivity index (χ3n) is 5.29. The molecule has 2 aromatic carbocycles. The number of nitrogens with zero attached hydrogens (tertiary/aromatic N) is 3. The topological polar surface area (TPSA) is 29.0 Å².